The number of anilines is 1. The second-order valence-electron chi connectivity index (χ2n) is 5.15. The summed E-state index contributed by atoms with van der Waals surface area (Å²) >= 11 is 0. The predicted octanol–water partition coefficient (Wildman–Crippen LogP) is 2.17. The van der Waals surface area contributed by atoms with E-state index in [4.69, 9.17) is 10.5 Å². The number of methoxy groups -OCH3 is 1. The fraction of sp³-hybridized carbons (Fsp3) is 0.571. The summed E-state index contributed by atoms with van der Waals surface area (Å²) < 4.78 is 5.12. The van der Waals surface area contributed by atoms with Gasteiger partial charge in [-0.3, -0.25) is 10.1 Å². The van der Waals surface area contributed by atoms with Gasteiger partial charge in [0.2, 0.25) is 0 Å². The molecule has 0 aliphatic carbocycles. The van der Waals surface area contributed by atoms with Gasteiger partial charge in [-0.05, 0) is 24.5 Å². The molecule has 6 heteroatoms. The van der Waals surface area contributed by atoms with Crippen LogP contribution < -0.4 is 15.4 Å². The van der Waals surface area contributed by atoms with Crippen LogP contribution in [0.1, 0.15) is 19.8 Å². The minimum atomic E-state index is -0.371. The minimum Gasteiger partial charge on any atom is -0.490 e. The van der Waals surface area contributed by atoms with Crippen LogP contribution in [0, 0.1) is 16.0 Å². The van der Waals surface area contributed by atoms with Gasteiger partial charge >= 0.3 is 5.69 Å². The van der Waals surface area contributed by atoms with Crippen molar-refractivity contribution in [3.05, 3.63) is 28.3 Å². The molecule has 0 amide bonds. The lowest BCUT2D eigenvalue weighted by atomic mass is 9.90. The molecule has 1 aliphatic heterocycles. The molecule has 1 aromatic carbocycles. The van der Waals surface area contributed by atoms with E-state index in [0.717, 1.165) is 25.9 Å². The Labute approximate surface area is 118 Å². The molecule has 1 fully saturated rings. The largest absolute Gasteiger partial charge is 0.490 e. The van der Waals surface area contributed by atoms with Crippen molar-refractivity contribution in [2.24, 2.45) is 11.7 Å². The highest BCUT2D eigenvalue weighted by Crippen LogP contribution is 2.38. The summed E-state index contributed by atoms with van der Waals surface area (Å²) in [4.78, 5) is 13.0. The van der Waals surface area contributed by atoms with Crippen LogP contribution in [0.25, 0.3) is 0 Å². The summed E-state index contributed by atoms with van der Waals surface area (Å²) in [5.41, 5.74) is 6.77. The Hall–Kier alpha value is -1.82. The SMILES string of the molecule is CCC1CN(c2cccc(OC)c2[N+](=O)[O-])CCC1N. The zero-order chi connectivity index (χ0) is 14.7. The quantitative estimate of drug-likeness (QED) is 0.674. The lowest BCUT2D eigenvalue weighted by molar-refractivity contribution is -0.385. The summed E-state index contributed by atoms with van der Waals surface area (Å²) in [6.45, 7) is 3.60. The smallest absolute Gasteiger partial charge is 0.333 e. The highest BCUT2D eigenvalue weighted by molar-refractivity contribution is 5.70. The van der Waals surface area contributed by atoms with E-state index in [1.807, 2.05) is 0 Å². The van der Waals surface area contributed by atoms with Crippen LogP contribution in [0.15, 0.2) is 18.2 Å². The molecular formula is C14H21N3O3. The van der Waals surface area contributed by atoms with Gasteiger partial charge in [0.15, 0.2) is 5.75 Å². The number of nitrogens with two attached hydrogens (primary N) is 1. The highest BCUT2D eigenvalue weighted by Gasteiger charge is 2.30. The summed E-state index contributed by atoms with van der Waals surface area (Å²) in [6, 6.07) is 5.37. The van der Waals surface area contributed by atoms with E-state index in [0.29, 0.717) is 17.4 Å². The number of hydrogen-bond donors (Lipinski definition) is 1. The van der Waals surface area contributed by atoms with Gasteiger partial charge in [0.05, 0.1) is 12.0 Å². The van der Waals surface area contributed by atoms with Crippen molar-refractivity contribution in [3.8, 4) is 5.75 Å². The van der Waals surface area contributed by atoms with Crippen molar-refractivity contribution in [1.82, 2.24) is 0 Å². The van der Waals surface area contributed by atoms with Gasteiger partial charge in [0, 0.05) is 19.1 Å². The number of nitrogens with zero attached hydrogens (tertiary/aromatic N) is 2. The van der Waals surface area contributed by atoms with Crippen LogP contribution in [0.3, 0.4) is 0 Å². The van der Waals surface area contributed by atoms with E-state index >= 15 is 0 Å². The third kappa shape index (κ3) is 2.70. The first-order valence-corrected chi connectivity index (χ1v) is 6.90. The molecule has 2 rings (SSSR count). The molecule has 1 aliphatic rings. The van der Waals surface area contributed by atoms with E-state index in [2.05, 4.69) is 11.8 Å². The molecule has 20 heavy (non-hydrogen) atoms. The van der Waals surface area contributed by atoms with Gasteiger partial charge in [-0.1, -0.05) is 19.4 Å². The number of ether oxygens (including phenoxy) is 1. The van der Waals surface area contributed by atoms with Gasteiger partial charge in [-0.25, -0.2) is 0 Å². The fourth-order valence-corrected chi connectivity index (χ4v) is 2.82. The first-order valence-electron chi connectivity index (χ1n) is 6.90. The average Bonchev–Trinajstić information content (AvgIpc) is 2.46. The van der Waals surface area contributed by atoms with Crippen LogP contribution in [0.5, 0.6) is 5.75 Å². The van der Waals surface area contributed by atoms with Gasteiger partial charge in [-0.2, -0.15) is 0 Å². The Balaban J connectivity index is 2.35. The lowest BCUT2D eigenvalue weighted by Crippen LogP contribution is -2.47. The molecule has 0 bridgehead atoms. The molecule has 6 nitrogen and oxygen atoms in total. The molecule has 2 atom stereocenters. The Bertz CT molecular complexity index is 493. The van der Waals surface area contributed by atoms with E-state index in [1.165, 1.54) is 7.11 Å². The van der Waals surface area contributed by atoms with Crippen molar-refractivity contribution in [1.29, 1.82) is 0 Å². The molecule has 1 aromatic rings. The number of benzene rings is 1. The Morgan fingerprint density at radius 2 is 2.30 bits per heavy atom. The lowest BCUT2D eigenvalue weighted by Gasteiger charge is -2.37. The average molecular weight is 279 g/mol. The van der Waals surface area contributed by atoms with Crippen LogP contribution in [0.2, 0.25) is 0 Å². The van der Waals surface area contributed by atoms with E-state index < -0.39 is 0 Å². The third-order valence-electron chi connectivity index (χ3n) is 4.04. The Kier molecular flexibility index (Phi) is 4.44. The van der Waals surface area contributed by atoms with Crippen molar-refractivity contribution < 1.29 is 9.66 Å². The maximum atomic E-state index is 11.3. The van der Waals surface area contributed by atoms with E-state index in [1.54, 1.807) is 18.2 Å². The highest BCUT2D eigenvalue weighted by atomic mass is 16.6. The van der Waals surface area contributed by atoms with Crippen molar-refractivity contribution in [2.45, 2.75) is 25.8 Å². The van der Waals surface area contributed by atoms with E-state index in [9.17, 15) is 10.1 Å². The van der Waals surface area contributed by atoms with Crippen LogP contribution in [0.4, 0.5) is 11.4 Å². The molecule has 2 N–H and O–H groups in total. The van der Waals surface area contributed by atoms with Crippen LogP contribution >= 0.6 is 0 Å². The number of hydrogen-bond acceptors (Lipinski definition) is 5. The monoisotopic (exact) mass is 279 g/mol. The zero-order valence-electron chi connectivity index (χ0n) is 11.9. The topological polar surface area (TPSA) is 81.6 Å². The molecule has 0 saturated carbocycles. The van der Waals surface area contributed by atoms with Gasteiger partial charge in [0.1, 0.15) is 5.69 Å². The Morgan fingerprint density at radius 1 is 1.55 bits per heavy atom. The zero-order valence-corrected chi connectivity index (χ0v) is 11.9. The number of piperidine rings is 1. The number of para-hydroxylation sites is 1. The van der Waals surface area contributed by atoms with Gasteiger partial charge in [-0.15, -0.1) is 0 Å². The normalized spacial score (nSPS) is 22.6. The standard InChI is InChI=1S/C14H21N3O3/c1-3-10-9-16(8-7-11(10)15)12-5-4-6-13(20-2)14(12)17(18)19/h4-6,10-11H,3,7-9,15H2,1-2H3. The summed E-state index contributed by atoms with van der Waals surface area (Å²) in [5.74, 6) is 0.671. The second kappa shape index (κ2) is 6.09. The second-order valence-corrected chi connectivity index (χ2v) is 5.15. The predicted molar refractivity (Wildman–Crippen MR) is 78.2 cm³/mol. The molecule has 0 spiro atoms. The number of nitro groups is 1. The summed E-state index contributed by atoms with van der Waals surface area (Å²) in [7, 11) is 1.45. The Morgan fingerprint density at radius 3 is 2.90 bits per heavy atom. The minimum absolute atomic E-state index is 0.0420. The molecule has 0 radical (unpaired) electrons. The molecule has 1 heterocycles. The van der Waals surface area contributed by atoms with Gasteiger partial charge < -0.3 is 15.4 Å². The summed E-state index contributed by atoms with van der Waals surface area (Å²) in [5, 5.41) is 11.3. The number of rotatable bonds is 4. The van der Waals surface area contributed by atoms with Gasteiger partial charge in [0.25, 0.3) is 0 Å². The molecule has 1 saturated heterocycles. The number of nitro benzene ring substituents is 1. The first kappa shape index (κ1) is 14.6. The molecule has 0 aromatic heterocycles. The molecule has 2 unspecified atom stereocenters. The molecular weight excluding hydrogens is 258 g/mol. The van der Waals surface area contributed by atoms with Crippen molar-refractivity contribution >= 4 is 11.4 Å². The summed E-state index contributed by atoms with van der Waals surface area (Å²) in [6.07, 6.45) is 1.84. The maximum absolute atomic E-state index is 11.3. The van der Waals surface area contributed by atoms with Crippen molar-refractivity contribution in [3.63, 3.8) is 0 Å². The van der Waals surface area contributed by atoms with Crippen LogP contribution in [-0.4, -0.2) is 31.2 Å². The van der Waals surface area contributed by atoms with Crippen LogP contribution in [-0.2, 0) is 0 Å². The maximum Gasteiger partial charge on any atom is 0.333 e. The van der Waals surface area contributed by atoms with E-state index in [-0.39, 0.29) is 16.7 Å². The first-order chi connectivity index (χ1) is 9.58. The fourth-order valence-electron chi connectivity index (χ4n) is 2.82. The molecule has 110 valence electrons. The third-order valence-corrected chi connectivity index (χ3v) is 4.04. The van der Waals surface area contributed by atoms with Crippen molar-refractivity contribution in [2.75, 3.05) is 25.1 Å².